The first-order valence-corrected chi connectivity index (χ1v) is 7.28. The van der Waals surface area contributed by atoms with Gasteiger partial charge in [0.05, 0.1) is 5.71 Å². The van der Waals surface area contributed by atoms with E-state index in [-0.39, 0.29) is 6.23 Å². The van der Waals surface area contributed by atoms with Crippen LogP contribution < -0.4 is 5.32 Å². The highest BCUT2D eigenvalue weighted by atomic mass is 16.7. The molecule has 1 atom stereocenters. The normalized spacial score (nSPS) is 30.2. The minimum atomic E-state index is 0.0340. The van der Waals surface area contributed by atoms with Crippen LogP contribution in [-0.2, 0) is 4.84 Å². The number of piperidine rings is 1. The first kappa shape index (κ1) is 12.2. The van der Waals surface area contributed by atoms with Gasteiger partial charge in [0.25, 0.3) is 0 Å². The minimum Gasteiger partial charge on any atom is -0.371 e. The maximum atomic E-state index is 5.55. The largest absolute Gasteiger partial charge is 0.371 e. The van der Waals surface area contributed by atoms with Gasteiger partial charge in [0.2, 0.25) is 6.23 Å². The van der Waals surface area contributed by atoms with Gasteiger partial charge in [-0.05, 0) is 51.9 Å². The predicted molar refractivity (Wildman–Crippen MR) is 72.5 cm³/mol. The van der Waals surface area contributed by atoms with Crippen molar-refractivity contribution in [3.05, 3.63) is 11.6 Å². The zero-order chi connectivity index (χ0) is 12.4. The molecule has 4 nitrogen and oxygen atoms in total. The summed E-state index contributed by atoms with van der Waals surface area (Å²) < 4.78 is 0. The summed E-state index contributed by atoms with van der Waals surface area (Å²) >= 11 is 0. The van der Waals surface area contributed by atoms with E-state index in [1.165, 1.54) is 50.2 Å². The molecule has 100 valence electrons. The van der Waals surface area contributed by atoms with E-state index in [1.807, 2.05) is 0 Å². The van der Waals surface area contributed by atoms with Crippen LogP contribution in [0.2, 0.25) is 0 Å². The zero-order valence-corrected chi connectivity index (χ0v) is 11.2. The Bertz CT molecular complexity index is 356. The van der Waals surface area contributed by atoms with Crippen molar-refractivity contribution < 1.29 is 4.84 Å². The molecule has 0 amide bonds. The van der Waals surface area contributed by atoms with Crippen LogP contribution in [-0.4, -0.2) is 43.0 Å². The van der Waals surface area contributed by atoms with Crippen molar-refractivity contribution in [3.63, 3.8) is 0 Å². The van der Waals surface area contributed by atoms with E-state index in [4.69, 9.17) is 4.84 Å². The molecule has 3 heterocycles. The van der Waals surface area contributed by atoms with E-state index < -0.39 is 0 Å². The lowest BCUT2D eigenvalue weighted by Crippen LogP contribution is -2.37. The number of hydrogen-bond acceptors (Lipinski definition) is 4. The molecule has 0 unspecified atom stereocenters. The van der Waals surface area contributed by atoms with E-state index in [1.54, 1.807) is 0 Å². The Labute approximate surface area is 109 Å². The summed E-state index contributed by atoms with van der Waals surface area (Å²) in [4.78, 5) is 8.07. The molecule has 0 aromatic carbocycles. The van der Waals surface area contributed by atoms with Crippen LogP contribution in [0, 0.1) is 5.92 Å². The number of fused-ring (bicyclic) bond motifs is 1. The van der Waals surface area contributed by atoms with Crippen molar-refractivity contribution >= 4 is 5.71 Å². The first-order chi connectivity index (χ1) is 8.88. The van der Waals surface area contributed by atoms with E-state index in [0.717, 1.165) is 13.0 Å². The molecule has 0 bridgehead atoms. The third kappa shape index (κ3) is 2.31. The average Bonchev–Trinajstić information content (AvgIpc) is 2.68. The van der Waals surface area contributed by atoms with Crippen molar-refractivity contribution in [3.8, 4) is 0 Å². The van der Waals surface area contributed by atoms with Gasteiger partial charge in [0.15, 0.2) is 0 Å². The lowest BCUT2D eigenvalue weighted by Gasteiger charge is -2.30. The molecule has 1 N–H and O–H groups in total. The van der Waals surface area contributed by atoms with Crippen molar-refractivity contribution in [2.75, 3.05) is 26.2 Å². The molecule has 0 aromatic heterocycles. The SMILES string of the molecule is CCN1CCC(C2=NO[C@H]3NCCCC=C23)CC1. The number of nitrogens with one attached hydrogen (secondary N) is 1. The molecule has 1 fully saturated rings. The summed E-state index contributed by atoms with van der Waals surface area (Å²) in [5.41, 5.74) is 2.55. The van der Waals surface area contributed by atoms with Gasteiger partial charge in [0.1, 0.15) is 0 Å². The molecule has 3 aliphatic heterocycles. The molecule has 3 rings (SSSR count). The number of likely N-dealkylation sites (tertiary alicyclic amines) is 1. The van der Waals surface area contributed by atoms with Crippen LogP contribution in [0.5, 0.6) is 0 Å². The van der Waals surface area contributed by atoms with Crippen molar-refractivity contribution in [2.45, 2.75) is 38.8 Å². The summed E-state index contributed by atoms with van der Waals surface area (Å²) in [6, 6.07) is 0. The molecule has 4 heteroatoms. The molecule has 0 spiro atoms. The van der Waals surface area contributed by atoms with E-state index in [9.17, 15) is 0 Å². The third-order valence-corrected chi connectivity index (χ3v) is 4.33. The quantitative estimate of drug-likeness (QED) is 0.810. The van der Waals surface area contributed by atoms with E-state index in [0.29, 0.717) is 5.92 Å². The highest BCUT2D eigenvalue weighted by molar-refractivity contribution is 6.03. The first-order valence-electron chi connectivity index (χ1n) is 7.28. The number of hydrogen-bond donors (Lipinski definition) is 1. The van der Waals surface area contributed by atoms with Gasteiger partial charge in [-0.2, -0.15) is 0 Å². The fraction of sp³-hybridized carbons (Fsp3) is 0.786. The fourth-order valence-corrected chi connectivity index (χ4v) is 3.14. The van der Waals surface area contributed by atoms with Crippen LogP contribution >= 0.6 is 0 Å². The molecular weight excluding hydrogens is 226 g/mol. The third-order valence-electron chi connectivity index (χ3n) is 4.33. The second-order valence-electron chi connectivity index (χ2n) is 5.43. The smallest absolute Gasteiger partial charge is 0.206 e. The molecule has 0 radical (unpaired) electrons. The van der Waals surface area contributed by atoms with Gasteiger partial charge in [0, 0.05) is 11.5 Å². The lowest BCUT2D eigenvalue weighted by atomic mass is 9.87. The highest BCUT2D eigenvalue weighted by Crippen LogP contribution is 2.29. The highest BCUT2D eigenvalue weighted by Gasteiger charge is 2.34. The molecule has 18 heavy (non-hydrogen) atoms. The summed E-state index contributed by atoms with van der Waals surface area (Å²) in [6.45, 7) is 6.84. The topological polar surface area (TPSA) is 36.9 Å². The summed E-state index contributed by atoms with van der Waals surface area (Å²) in [5, 5.41) is 7.78. The molecule has 0 aromatic rings. The molecular formula is C14H23N3O. The predicted octanol–water partition coefficient (Wildman–Crippen LogP) is 1.74. The number of nitrogens with zero attached hydrogens (tertiary/aromatic N) is 2. The summed E-state index contributed by atoms with van der Waals surface area (Å²) in [7, 11) is 0. The van der Waals surface area contributed by atoms with Gasteiger partial charge in [-0.15, -0.1) is 0 Å². The standard InChI is InChI=1S/C14H23N3O/c1-2-17-9-6-11(7-10-17)13-12-5-3-4-8-15-14(12)18-16-13/h5,11,14-15H,2-4,6-10H2,1H3/t14-/m1/s1. The fourth-order valence-electron chi connectivity index (χ4n) is 3.14. The maximum Gasteiger partial charge on any atom is 0.206 e. The average molecular weight is 249 g/mol. The van der Waals surface area contributed by atoms with Gasteiger partial charge >= 0.3 is 0 Å². The Morgan fingerprint density at radius 3 is 3.06 bits per heavy atom. The maximum absolute atomic E-state index is 5.55. The van der Waals surface area contributed by atoms with Gasteiger partial charge in [-0.25, -0.2) is 0 Å². The van der Waals surface area contributed by atoms with Crippen molar-refractivity contribution in [1.29, 1.82) is 0 Å². The van der Waals surface area contributed by atoms with Crippen LogP contribution in [0.25, 0.3) is 0 Å². The second kappa shape index (κ2) is 5.41. The van der Waals surface area contributed by atoms with E-state index >= 15 is 0 Å². The van der Waals surface area contributed by atoms with Crippen LogP contribution in [0.3, 0.4) is 0 Å². The number of rotatable bonds is 2. The molecule has 3 aliphatic rings. The van der Waals surface area contributed by atoms with Crippen molar-refractivity contribution in [2.24, 2.45) is 11.1 Å². The Hall–Kier alpha value is -0.870. The van der Waals surface area contributed by atoms with E-state index in [2.05, 4.69) is 28.4 Å². The summed E-state index contributed by atoms with van der Waals surface area (Å²) in [6.07, 6.45) is 7.16. The minimum absolute atomic E-state index is 0.0340. The number of oxime groups is 1. The zero-order valence-electron chi connectivity index (χ0n) is 11.2. The van der Waals surface area contributed by atoms with Gasteiger partial charge < -0.3 is 9.74 Å². The molecule has 1 saturated heterocycles. The van der Waals surface area contributed by atoms with Gasteiger partial charge in [-0.3, -0.25) is 5.32 Å². The Morgan fingerprint density at radius 1 is 1.44 bits per heavy atom. The monoisotopic (exact) mass is 249 g/mol. The molecule has 0 saturated carbocycles. The van der Waals surface area contributed by atoms with Crippen molar-refractivity contribution in [1.82, 2.24) is 10.2 Å². The lowest BCUT2D eigenvalue weighted by molar-refractivity contribution is 0.0804. The molecule has 0 aliphatic carbocycles. The Balaban J connectivity index is 1.68. The second-order valence-corrected chi connectivity index (χ2v) is 5.43. The Morgan fingerprint density at radius 2 is 2.28 bits per heavy atom. The summed E-state index contributed by atoms with van der Waals surface area (Å²) in [5.74, 6) is 0.601. The van der Waals surface area contributed by atoms with Crippen LogP contribution in [0.15, 0.2) is 16.8 Å². The number of allylic oxidation sites excluding steroid dienone is 1. The van der Waals surface area contributed by atoms with Gasteiger partial charge in [-0.1, -0.05) is 18.2 Å². The van der Waals surface area contributed by atoms with Crippen LogP contribution in [0.4, 0.5) is 0 Å². The van der Waals surface area contributed by atoms with Crippen LogP contribution in [0.1, 0.15) is 32.6 Å². The Kier molecular flexibility index (Phi) is 3.66.